The summed E-state index contributed by atoms with van der Waals surface area (Å²) in [6.07, 6.45) is -1.04. The van der Waals surface area contributed by atoms with Gasteiger partial charge in [-0.3, -0.25) is 4.79 Å². The highest BCUT2D eigenvalue weighted by Crippen LogP contribution is 2.44. The first-order valence-corrected chi connectivity index (χ1v) is 9.83. The molecule has 3 rings (SSSR count). The van der Waals surface area contributed by atoms with E-state index in [1.54, 1.807) is 12.3 Å². The van der Waals surface area contributed by atoms with E-state index in [2.05, 4.69) is 15.3 Å². The molecule has 1 unspecified atom stereocenters. The van der Waals surface area contributed by atoms with Crippen molar-refractivity contribution in [2.75, 3.05) is 6.61 Å². The number of carbonyl (C=O) groups excluding carboxylic acids is 1. The van der Waals surface area contributed by atoms with Gasteiger partial charge >= 0.3 is 6.18 Å². The lowest BCUT2D eigenvalue weighted by molar-refractivity contribution is -0.154. The van der Waals surface area contributed by atoms with Crippen molar-refractivity contribution in [1.29, 1.82) is 0 Å². The molecule has 0 saturated heterocycles. The molecule has 152 valence electrons. The summed E-state index contributed by atoms with van der Waals surface area (Å²) in [5.74, 6) is -0.450. The molecule has 9 heteroatoms. The lowest BCUT2D eigenvalue weighted by Crippen LogP contribution is -2.37. The van der Waals surface area contributed by atoms with Gasteiger partial charge in [0.05, 0.1) is 6.04 Å². The molecule has 0 bridgehead atoms. The second-order valence-corrected chi connectivity index (χ2v) is 8.84. The molecule has 1 saturated carbocycles. The third-order valence-corrected chi connectivity index (χ3v) is 5.19. The molecule has 0 spiro atoms. The molecule has 1 aliphatic rings. The summed E-state index contributed by atoms with van der Waals surface area (Å²) in [5.41, 5.74) is 0.331. The van der Waals surface area contributed by atoms with E-state index in [1.807, 2.05) is 26.2 Å². The second-order valence-electron chi connectivity index (χ2n) is 7.91. The summed E-state index contributed by atoms with van der Waals surface area (Å²) in [5, 5.41) is 5.49. The number of aromatic nitrogens is 2. The Kier molecular flexibility index (Phi) is 5.65. The molecule has 0 radical (unpaired) electrons. The van der Waals surface area contributed by atoms with Gasteiger partial charge in [0, 0.05) is 17.1 Å². The van der Waals surface area contributed by atoms with Gasteiger partial charge in [-0.15, -0.1) is 11.3 Å². The molecule has 5 nitrogen and oxygen atoms in total. The van der Waals surface area contributed by atoms with Crippen molar-refractivity contribution in [2.24, 2.45) is 5.41 Å². The van der Waals surface area contributed by atoms with Gasteiger partial charge in [-0.1, -0.05) is 26.8 Å². The van der Waals surface area contributed by atoms with Crippen LogP contribution in [0.1, 0.15) is 66.6 Å². The number of hydrogen-bond acceptors (Lipinski definition) is 5. The maximum absolute atomic E-state index is 12.8. The maximum Gasteiger partial charge on any atom is 0.422 e. The van der Waals surface area contributed by atoms with Crippen molar-refractivity contribution in [3.05, 3.63) is 40.0 Å². The second kappa shape index (κ2) is 7.69. The van der Waals surface area contributed by atoms with Gasteiger partial charge in [0.15, 0.2) is 6.61 Å². The number of nitrogens with zero attached hydrogens (tertiary/aromatic N) is 2. The average Bonchev–Trinajstić information content (AvgIpc) is 3.30. The third kappa shape index (κ3) is 5.21. The van der Waals surface area contributed by atoms with Crippen molar-refractivity contribution in [3.8, 4) is 5.88 Å². The molecule has 0 aliphatic heterocycles. The average molecular weight is 413 g/mol. The largest absolute Gasteiger partial charge is 0.468 e. The predicted octanol–water partition coefficient (Wildman–Crippen LogP) is 4.87. The highest BCUT2D eigenvalue weighted by atomic mass is 32.1. The van der Waals surface area contributed by atoms with E-state index < -0.39 is 18.7 Å². The van der Waals surface area contributed by atoms with Crippen LogP contribution >= 0.6 is 11.3 Å². The Morgan fingerprint density at radius 1 is 1.32 bits per heavy atom. The van der Waals surface area contributed by atoms with Gasteiger partial charge in [-0.25, -0.2) is 9.97 Å². The summed E-state index contributed by atoms with van der Waals surface area (Å²) in [6, 6.07) is 2.82. The third-order valence-electron chi connectivity index (χ3n) is 4.35. The minimum Gasteiger partial charge on any atom is -0.468 e. The van der Waals surface area contributed by atoms with Crippen molar-refractivity contribution in [1.82, 2.24) is 15.3 Å². The normalized spacial score (nSPS) is 15.9. The van der Waals surface area contributed by atoms with E-state index in [9.17, 15) is 18.0 Å². The Balaban J connectivity index is 1.82. The number of rotatable bonds is 6. The van der Waals surface area contributed by atoms with Gasteiger partial charge < -0.3 is 10.1 Å². The molecule has 1 atom stereocenters. The summed E-state index contributed by atoms with van der Waals surface area (Å²) in [4.78, 5) is 21.2. The Morgan fingerprint density at radius 2 is 2.04 bits per heavy atom. The molecule has 2 aromatic rings. The molecule has 28 heavy (non-hydrogen) atoms. The van der Waals surface area contributed by atoms with Crippen LogP contribution in [0.15, 0.2) is 23.7 Å². The van der Waals surface area contributed by atoms with E-state index in [0.29, 0.717) is 5.56 Å². The van der Waals surface area contributed by atoms with Crippen molar-refractivity contribution < 1.29 is 22.7 Å². The first-order chi connectivity index (χ1) is 13.0. The van der Waals surface area contributed by atoms with Crippen LogP contribution in [0.3, 0.4) is 0 Å². The Labute approximate surface area is 165 Å². The number of alkyl halides is 3. The smallest absolute Gasteiger partial charge is 0.422 e. The number of halogens is 3. The topological polar surface area (TPSA) is 64.1 Å². The van der Waals surface area contributed by atoms with E-state index in [1.165, 1.54) is 17.4 Å². The number of carbonyl (C=O) groups is 1. The zero-order chi connectivity index (χ0) is 20.5. The van der Waals surface area contributed by atoms with Gasteiger partial charge in [0.1, 0.15) is 10.7 Å². The first-order valence-electron chi connectivity index (χ1n) is 8.95. The van der Waals surface area contributed by atoms with Crippen molar-refractivity contribution in [2.45, 2.75) is 51.7 Å². The van der Waals surface area contributed by atoms with E-state index >= 15 is 0 Å². The molecule has 0 aromatic carbocycles. The fraction of sp³-hybridized carbons (Fsp3) is 0.526. The van der Waals surface area contributed by atoms with E-state index in [0.717, 1.165) is 17.8 Å². The molecule has 1 aliphatic carbocycles. The number of ether oxygens (including phenoxy) is 1. The van der Waals surface area contributed by atoms with Crippen molar-refractivity contribution in [3.63, 3.8) is 0 Å². The Bertz CT molecular complexity index is 828. The van der Waals surface area contributed by atoms with Gasteiger partial charge in [-0.05, 0) is 30.2 Å². The summed E-state index contributed by atoms with van der Waals surface area (Å²) < 4.78 is 42.6. The minimum atomic E-state index is -4.47. The van der Waals surface area contributed by atoms with Gasteiger partial charge in [0.25, 0.3) is 5.91 Å². The molecular weight excluding hydrogens is 391 g/mol. The SMILES string of the molecule is CC(C)(C)C(NC(=O)c1ccc(C2CC2)c(OCC(F)(F)F)n1)c1nccs1. The molecule has 1 N–H and O–H groups in total. The number of thiazole rings is 1. The van der Waals surface area contributed by atoms with Crippen LogP contribution in [0.4, 0.5) is 13.2 Å². The van der Waals surface area contributed by atoms with Gasteiger partial charge in [-0.2, -0.15) is 13.2 Å². The quantitative estimate of drug-likeness (QED) is 0.734. The van der Waals surface area contributed by atoms with Crippen LogP contribution in [0.2, 0.25) is 0 Å². The monoisotopic (exact) mass is 413 g/mol. The number of hydrogen-bond donors (Lipinski definition) is 1. The molecule has 1 fully saturated rings. The first kappa shape index (κ1) is 20.6. The zero-order valence-corrected chi connectivity index (χ0v) is 16.7. The summed E-state index contributed by atoms with van der Waals surface area (Å²) in [6.45, 7) is 4.48. The van der Waals surface area contributed by atoms with Crippen LogP contribution in [0, 0.1) is 5.41 Å². The van der Waals surface area contributed by atoms with Crippen LogP contribution in [0.5, 0.6) is 5.88 Å². The minimum absolute atomic E-state index is 0.0207. The highest BCUT2D eigenvalue weighted by molar-refractivity contribution is 7.09. The fourth-order valence-corrected chi connectivity index (χ4v) is 3.71. The van der Waals surface area contributed by atoms with Crippen molar-refractivity contribution >= 4 is 17.2 Å². The lowest BCUT2D eigenvalue weighted by atomic mass is 9.87. The number of amides is 1. The molecule has 2 aromatic heterocycles. The fourth-order valence-electron chi connectivity index (χ4n) is 2.78. The van der Waals surface area contributed by atoms with Crippen LogP contribution in [-0.4, -0.2) is 28.7 Å². The predicted molar refractivity (Wildman–Crippen MR) is 99.5 cm³/mol. The highest BCUT2D eigenvalue weighted by Gasteiger charge is 2.34. The van der Waals surface area contributed by atoms with E-state index in [-0.39, 0.29) is 28.9 Å². The van der Waals surface area contributed by atoms with Gasteiger partial charge in [0.2, 0.25) is 5.88 Å². The van der Waals surface area contributed by atoms with Crippen LogP contribution in [0.25, 0.3) is 0 Å². The summed E-state index contributed by atoms with van der Waals surface area (Å²) in [7, 11) is 0. The van der Waals surface area contributed by atoms with Crippen LogP contribution in [-0.2, 0) is 0 Å². The Morgan fingerprint density at radius 3 is 2.57 bits per heavy atom. The van der Waals surface area contributed by atoms with E-state index in [4.69, 9.17) is 4.74 Å². The number of pyridine rings is 1. The van der Waals surface area contributed by atoms with Crippen LogP contribution < -0.4 is 10.1 Å². The molecule has 1 amide bonds. The number of nitrogens with one attached hydrogen (secondary N) is 1. The summed E-state index contributed by atoms with van der Waals surface area (Å²) >= 11 is 1.43. The molecular formula is C19H22F3N3O2S. The lowest BCUT2D eigenvalue weighted by Gasteiger charge is -2.29. The zero-order valence-electron chi connectivity index (χ0n) is 15.8. The molecule has 2 heterocycles. The standard InChI is InChI=1S/C19H22F3N3O2S/c1-18(2,3)14(17-23-8-9-28-17)25-15(26)13-7-6-12(11-4-5-11)16(24-13)27-10-19(20,21)22/h6-9,11,14H,4-5,10H2,1-3H3,(H,25,26). The Hall–Kier alpha value is -2.16. The maximum atomic E-state index is 12.8.